The summed E-state index contributed by atoms with van der Waals surface area (Å²) in [7, 11) is 6.82. The van der Waals surface area contributed by atoms with Crippen molar-refractivity contribution in [3.8, 4) is 5.88 Å². The van der Waals surface area contributed by atoms with Gasteiger partial charge in [-0.25, -0.2) is 4.98 Å². The standard InChI is InChI=1S/C10H14BN3O3/c1-13(2)5-4-7-8(11)6-12-10(17-3)9(7)14(15)16/h4-6H,11H2,1-3H3/b5-4+. The van der Waals surface area contributed by atoms with Gasteiger partial charge in [0.25, 0.3) is 5.88 Å². The summed E-state index contributed by atoms with van der Waals surface area (Å²) < 4.78 is 4.91. The molecule has 90 valence electrons. The van der Waals surface area contributed by atoms with Crippen LogP contribution in [-0.2, 0) is 0 Å². The molecule has 0 saturated carbocycles. The minimum atomic E-state index is -0.478. The SMILES string of the molecule is Bc1cnc(OC)c([N+](=O)[O-])c1/C=C/N(C)C. The Morgan fingerprint density at radius 2 is 2.24 bits per heavy atom. The van der Waals surface area contributed by atoms with Gasteiger partial charge < -0.3 is 9.64 Å². The van der Waals surface area contributed by atoms with E-state index in [2.05, 4.69) is 4.98 Å². The highest BCUT2D eigenvalue weighted by Crippen LogP contribution is 2.27. The van der Waals surface area contributed by atoms with Gasteiger partial charge in [0.05, 0.1) is 17.6 Å². The predicted octanol–water partition coefficient (Wildman–Crippen LogP) is -0.211. The van der Waals surface area contributed by atoms with E-state index in [9.17, 15) is 10.1 Å². The van der Waals surface area contributed by atoms with Gasteiger partial charge in [0, 0.05) is 20.3 Å². The van der Waals surface area contributed by atoms with Crippen LogP contribution in [0.4, 0.5) is 5.69 Å². The Morgan fingerprint density at radius 1 is 1.59 bits per heavy atom. The van der Waals surface area contributed by atoms with Crippen molar-refractivity contribution in [1.82, 2.24) is 9.88 Å². The summed E-state index contributed by atoms with van der Waals surface area (Å²) in [6.07, 6.45) is 4.98. The zero-order valence-electron chi connectivity index (χ0n) is 10.3. The molecule has 1 aromatic heterocycles. The first-order valence-corrected chi connectivity index (χ1v) is 5.00. The molecule has 0 aliphatic heterocycles. The second-order valence-corrected chi connectivity index (χ2v) is 3.75. The van der Waals surface area contributed by atoms with E-state index in [1.807, 2.05) is 14.1 Å². The van der Waals surface area contributed by atoms with Crippen LogP contribution in [0.15, 0.2) is 12.4 Å². The number of pyridine rings is 1. The van der Waals surface area contributed by atoms with Gasteiger partial charge in [-0.1, -0.05) is 5.46 Å². The normalized spacial score (nSPS) is 10.5. The van der Waals surface area contributed by atoms with E-state index >= 15 is 0 Å². The van der Waals surface area contributed by atoms with Crippen molar-refractivity contribution in [1.29, 1.82) is 0 Å². The lowest BCUT2D eigenvalue weighted by Crippen LogP contribution is -2.13. The van der Waals surface area contributed by atoms with Gasteiger partial charge in [-0.15, -0.1) is 0 Å². The molecule has 1 heterocycles. The van der Waals surface area contributed by atoms with Crippen molar-refractivity contribution in [3.05, 3.63) is 28.1 Å². The lowest BCUT2D eigenvalue weighted by molar-refractivity contribution is -0.386. The van der Waals surface area contributed by atoms with Crippen LogP contribution < -0.4 is 10.2 Å². The number of hydrogen-bond acceptors (Lipinski definition) is 5. The second kappa shape index (κ2) is 5.33. The molecule has 0 atom stereocenters. The number of aromatic nitrogens is 1. The largest absolute Gasteiger partial charge is 0.476 e. The van der Waals surface area contributed by atoms with E-state index in [0.29, 0.717) is 5.56 Å². The van der Waals surface area contributed by atoms with Crippen LogP contribution in [0.2, 0.25) is 0 Å². The zero-order chi connectivity index (χ0) is 13.0. The summed E-state index contributed by atoms with van der Waals surface area (Å²) in [4.78, 5) is 16.3. The molecule has 0 N–H and O–H groups in total. The molecule has 1 rings (SSSR count). The van der Waals surface area contributed by atoms with Crippen molar-refractivity contribution in [2.75, 3.05) is 21.2 Å². The summed E-state index contributed by atoms with van der Waals surface area (Å²) in [5.74, 6) is 0.0269. The highest BCUT2D eigenvalue weighted by atomic mass is 16.6. The summed E-state index contributed by atoms with van der Waals surface area (Å²) in [5, 5.41) is 11.0. The van der Waals surface area contributed by atoms with Gasteiger partial charge in [-0.05, 0) is 12.3 Å². The highest BCUT2D eigenvalue weighted by molar-refractivity contribution is 6.34. The molecule has 17 heavy (non-hydrogen) atoms. The maximum Gasteiger partial charge on any atom is 0.337 e. The van der Waals surface area contributed by atoms with Crippen molar-refractivity contribution in [3.63, 3.8) is 0 Å². The number of hydrogen-bond donors (Lipinski definition) is 0. The van der Waals surface area contributed by atoms with Crippen LogP contribution in [0.25, 0.3) is 6.08 Å². The Bertz CT molecular complexity index is 460. The third kappa shape index (κ3) is 2.96. The molecular formula is C10H14BN3O3. The fourth-order valence-electron chi connectivity index (χ4n) is 1.35. The van der Waals surface area contributed by atoms with Crippen LogP contribution in [0.1, 0.15) is 5.56 Å². The first-order chi connectivity index (χ1) is 7.97. The van der Waals surface area contributed by atoms with Gasteiger partial charge >= 0.3 is 5.69 Å². The van der Waals surface area contributed by atoms with Gasteiger partial charge in [-0.3, -0.25) is 10.1 Å². The molecule has 0 amide bonds. The molecule has 0 unspecified atom stereocenters. The number of ether oxygens (including phenoxy) is 1. The van der Waals surface area contributed by atoms with E-state index in [1.54, 1.807) is 31.2 Å². The number of nitro groups is 1. The minimum absolute atomic E-state index is 0.0269. The maximum atomic E-state index is 11.0. The van der Waals surface area contributed by atoms with Crippen LogP contribution in [0, 0.1) is 10.1 Å². The quantitative estimate of drug-likeness (QED) is 0.410. The Labute approximate surface area is 100 Å². The zero-order valence-corrected chi connectivity index (χ0v) is 10.3. The van der Waals surface area contributed by atoms with E-state index in [1.165, 1.54) is 7.11 Å². The molecule has 0 aliphatic carbocycles. The Morgan fingerprint density at radius 3 is 2.71 bits per heavy atom. The fraction of sp³-hybridized carbons (Fsp3) is 0.300. The summed E-state index contributed by atoms with van der Waals surface area (Å²) in [6, 6.07) is 0. The van der Waals surface area contributed by atoms with E-state index in [4.69, 9.17) is 4.74 Å². The molecule has 1 aromatic rings. The van der Waals surface area contributed by atoms with Gasteiger partial charge in [0.15, 0.2) is 0 Å². The van der Waals surface area contributed by atoms with E-state index in [0.717, 1.165) is 5.46 Å². The average Bonchev–Trinajstić information content (AvgIpc) is 2.26. The number of rotatable bonds is 4. The molecule has 7 heteroatoms. The van der Waals surface area contributed by atoms with E-state index in [-0.39, 0.29) is 11.6 Å². The lowest BCUT2D eigenvalue weighted by atomic mass is 9.91. The molecule has 6 nitrogen and oxygen atoms in total. The summed E-state index contributed by atoms with van der Waals surface area (Å²) in [6.45, 7) is 0. The van der Waals surface area contributed by atoms with Gasteiger partial charge in [0.1, 0.15) is 7.85 Å². The second-order valence-electron chi connectivity index (χ2n) is 3.75. The minimum Gasteiger partial charge on any atom is -0.476 e. The first-order valence-electron chi connectivity index (χ1n) is 5.00. The molecular weight excluding hydrogens is 221 g/mol. The smallest absolute Gasteiger partial charge is 0.337 e. The van der Waals surface area contributed by atoms with Crippen LogP contribution in [-0.4, -0.2) is 43.9 Å². The molecule has 0 bridgehead atoms. The fourth-order valence-corrected chi connectivity index (χ4v) is 1.35. The molecule has 0 radical (unpaired) electrons. The predicted molar refractivity (Wildman–Crippen MR) is 68.3 cm³/mol. The highest BCUT2D eigenvalue weighted by Gasteiger charge is 2.22. The monoisotopic (exact) mass is 235 g/mol. The molecule has 0 spiro atoms. The van der Waals surface area contributed by atoms with Crippen LogP contribution in [0.3, 0.4) is 0 Å². The van der Waals surface area contributed by atoms with Crippen LogP contribution >= 0.6 is 0 Å². The number of methoxy groups -OCH3 is 1. The van der Waals surface area contributed by atoms with Crippen molar-refractivity contribution < 1.29 is 9.66 Å². The van der Waals surface area contributed by atoms with Crippen molar-refractivity contribution in [2.24, 2.45) is 0 Å². The third-order valence-electron chi connectivity index (χ3n) is 2.17. The molecule has 0 fully saturated rings. The Balaban J connectivity index is 3.39. The van der Waals surface area contributed by atoms with E-state index < -0.39 is 4.92 Å². The molecule has 0 aromatic carbocycles. The first kappa shape index (κ1) is 13.0. The lowest BCUT2D eigenvalue weighted by Gasteiger charge is -2.08. The Hall–Kier alpha value is -2.05. The third-order valence-corrected chi connectivity index (χ3v) is 2.17. The topological polar surface area (TPSA) is 68.5 Å². The summed E-state index contributed by atoms with van der Waals surface area (Å²) in [5.41, 5.74) is 1.14. The van der Waals surface area contributed by atoms with Crippen molar-refractivity contribution >= 4 is 25.1 Å². The Kier molecular flexibility index (Phi) is 4.09. The van der Waals surface area contributed by atoms with Crippen LogP contribution in [0.5, 0.6) is 5.88 Å². The van der Waals surface area contributed by atoms with Gasteiger partial charge in [0.2, 0.25) is 0 Å². The van der Waals surface area contributed by atoms with Crippen molar-refractivity contribution in [2.45, 2.75) is 0 Å². The summed E-state index contributed by atoms with van der Waals surface area (Å²) >= 11 is 0. The molecule has 0 aliphatic rings. The van der Waals surface area contributed by atoms with Gasteiger partial charge in [-0.2, -0.15) is 0 Å². The molecule has 0 saturated heterocycles. The average molecular weight is 235 g/mol. The maximum absolute atomic E-state index is 11.0. The number of nitrogens with zero attached hydrogens (tertiary/aromatic N) is 3.